The number of anilines is 2. The average Bonchev–Trinajstić information content (AvgIpc) is 2.36. The van der Waals surface area contributed by atoms with Crippen LogP contribution in [0.2, 0.25) is 0 Å². The van der Waals surface area contributed by atoms with E-state index in [2.05, 4.69) is 15.6 Å². The molecule has 1 heterocycles. The smallest absolute Gasteiger partial charge is 0.312 e. The van der Waals surface area contributed by atoms with Crippen LogP contribution in [0.15, 0.2) is 30.5 Å². The maximum absolute atomic E-state index is 10.5. The molecule has 2 aromatic rings. The van der Waals surface area contributed by atoms with Gasteiger partial charge in [0.2, 0.25) is 0 Å². The first-order chi connectivity index (χ1) is 8.68. The number of nitrogens with two attached hydrogens (primary N) is 2. The van der Waals surface area contributed by atoms with Gasteiger partial charge in [-0.2, -0.15) is 0 Å². The second-order valence-corrected chi connectivity index (χ2v) is 3.82. The van der Waals surface area contributed by atoms with E-state index in [1.807, 2.05) is 24.3 Å². The van der Waals surface area contributed by atoms with E-state index in [1.54, 1.807) is 6.20 Å². The third-order valence-electron chi connectivity index (χ3n) is 2.53. The van der Waals surface area contributed by atoms with Crippen LogP contribution in [0.3, 0.4) is 0 Å². The topological polar surface area (TPSA) is 106 Å². The standard InChI is InChI=1S/C12H15N5O/c13-9-7-17-10-4-2-1-3-8(10)11(9)15-5-6-16-12(14)18/h1-4,7H,5-6,13H2,(H,15,17)(H3,14,16,18). The zero-order valence-corrected chi connectivity index (χ0v) is 9.81. The van der Waals surface area contributed by atoms with Crippen LogP contribution >= 0.6 is 0 Å². The van der Waals surface area contributed by atoms with Gasteiger partial charge in [0.15, 0.2) is 0 Å². The molecule has 0 fully saturated rings. The maximum atomic E-state index is 10.5. The summed E-state index contributed by atoms with van der Waals surface area (Å²) in [4.78, 5) is 14.8. The van der Waals surface area contributed by atoms with E-state index in [1.165, 1.54) is 0 Å². The Hall–Kier alpha value is -2.50. The number of hydrogen-bond acceptors (Lipinski definition) is 4. The lowest BCUT2D eigenvalue weighted by molar-refractivity contribution is 0.249. The van der Waals surface area contributed by atoms with Crippen LogP contribution < -0.4 is 22.1 Å². The predicted molar refractivity (Wildman–Crippen MR) is 72.2 cm³/mol. The number of benzene rings is 1. The zero-order valence-electron chi connectivity index (χ0n) is 9.81. The molecule has 0 aliphatic rings. The van der Waals surface area contributed by atoms with Crippen molar-refractivity contribution in [1.29, 1.82) is 0 Å². The average molecular weight is 245 g/mol. The molecule has 18 heavy (non-hydrogen) atoms. The molecule has 2 amide bonds. The number of nitrogens with one attached hydrogen (secondary N) is 2. The lowest BCUT2D eigenvalue weighted by atomic mass is 10.1. The highest BCUT2D eigenvalue weighted by Gasteiger charge is 2.05. The highest BCUT2D eigenvalue weighted by atomic mass is 16.2. The number of nitrogens with zero attached hydrogens (tertiary/aromatic N) is 1. The summed E-state index contributed by atoms with van der Waals surface area (Å²) in [5.41, 5.74) is 13.1. The van der Waals surface area contributed by atoms with Crippen LogP contribution in [0, 0.1) is 0 Å². The number of para-hydroxylation sites is 1. The number of fused-ring (bicyclic) bond motifs is 1. The Kier molecular flexibility index (Phi) is 3.47. The van der Waals surface area contributed by atoms with Gasteiger partial charge in [-0.25, -0.2) is 4.79 Å². The molecular weight excluding hydrogens is 230 g/mol. The first-order valence-electron chi connectivity index (χ1n) is 5.59. The predicted octanol–water partition coefficient (Wildman–Crippen LogP) is 0.897. The minimum atomic E-state index is -0.538. The van der Waals surface area contributed by atoms with Crippen molar-refractivity contribution in [1.82, 2.24) is 10.3 Å². The molecule has 6 heteroatoms. The van der Waals surface area contributed by atoms with Crippen molar-refractivity contribution in [2.75, 3.05) is 24.1 Å². The summed E-state index contributed by atoms with van der Waals surface area (Å²) < 4.78 is 0. The molecule has 0 unspecified atom stereocenters. The number of nitrogen functional groups attached to an aromatic ring is 1. The molecule has 0 saturated heterocycles. The maximum Gasteiger partial charge on any atom is 0.312 e. The highest BCUT2D eigenvalue weighted by Crippen LogP contribution is 2.26. The first kappa shape index (κ1) is 12.0. The van der Waals surface area contributed by atoms with E-state index in [-0.39, 0.29) is 0 Å². The van der Waals surface area contributed by atoms with Crippen molar-refractivity contribution in [2.24, 2.45) is 5.73 Å². The number of amides is 2. The fraction of sp³-hybridized carbons (Fsp3) is 0.167. The summed E-state index contributed by atoms with van der Waals surface area (Å²) in [6.45, 7) is 0.979. The van der Waals surface area contributed by atoms with Gasteiger partial charge in [0, 0.05) is 18.5 Å². The van der Waals surface area contributed by atoms with Gasteiger partial charge < -0.3 is 22.1 Å². The second-order valence-electron chi connectivity index (χ2n) is 3.82. The van der Waals surface area contributed by atoms with Crippen LogP contribution in [-0.4, -0.2) is 24.1 Å². The minimum absolute atomic E-state index is 0.436. The SMILES string of the molecule is NC(=O)NCCNc1c(N)cnc2ccccc12. The van der Waals surface area contributed by atoms with Crippen LogP contribution in [0.4, 0.5) is 16.2 Å². The van der Waals surface area contributed by atoms with Gasteiger partial charge >= 0.3 is 6.03 Å². The Balaban J connectivity index is 2.16. The highest BCUT2D eigenvalue weighted by molar-refractivity contribution is 5.96. The summed E-state index contributed by atoms with van der Waals surface area (Å²) in [5.74, 6) is 0. The van der Waals surface area contributed by atoms with Gasteiger partial charge in [-0.15, -0.1) is 0 Å². The van der Waals surface area contributed by atoms with Crippen molar-refractivity contribution in [2.45, 2.75) is 0 Å². The Bertz CT molecular complexity index is 569. The van der Waals surface area contributed by atoms with Gasteiger partial charge in [0.25, 0.3) is 0 Å². The summed E-state index contributed by atoms with van der Waals surface area (Å²) in [7, 11) is 0. The molecule has 0 radical (unpaired) electrons. The number of rotatable bonds is 4. The Labute approximate surface area is 104 Å². The van der Waals surface area contributed by atoms with Crippen molar-refractivity contribution < 1.29 is 4.79 Å². The quantitative estimate of drug-likeness (QED) is 0.600. The molecule has 0 aliphatic carbocycles. The van der Waals surface area contributed by atoms with Crippen LogP contribution in [0.25, 0.3) is 10.9 Å². The van der Waals surface area contributed by atoms with Crippen molar-refractivity contribution in [3.63, 3.8) is 0 Å². The fourth-order valence-electron chi connectivity index (χ4n) is 1.73. The number of carbonyl (C=O) groups excluding carboxylic acids is 1. The molecule has 0 saturated carbocycles. The van der Waals surface area contributed by atoms with Gasteiger partial charge in [0.1, 0.15) is 0 Å². The lowest BCUT2D eigenvalue weighted by Gasteiger charge is -2.12. The minimum Gasteiger partial charge on any atom is -0.396 e. The largest absolute Gasteiger partial charge is 0.396 e. The molecular formula is C12H15N5O. The third-order valence-corrected chi connectivity index (χ3v) is 2.53. The number of carbonyl (C=O) groups is 1. The van der Waals surface area contributed by atoms with Crippen molar-refractivity contribution in [3.05, 3.63) is 30.5 Å². The molecule has 6 nitrogen and oxygen atoms in total. The third kappa shape index (κ3) is 2.60. The van der Waals surface area contributed by atoms with E-state index in [0.717, 1.165) is 16.6 Å². The lowest BCUT2D eigenvalue weighted by Crippen LogP contribution is -2.33. The Morgan fingerprint density at radius 1 is 1.28 bits per heavy atom. The van der Waals surface area contributed by atoms with E-state index in [0.29, 0.717) is 18.8 Å². The Morgan fingerprint density at radius 2 is 2.06 bits per heavy atom. The van der Waals surface area contributed by atoms with E-state index in [9.17, 15) is 4.79 Å². The van der Waals surface area contributed by atoms with E-state index in [4.69, 9.17) is 11.5 Å². The molecule has 1 aromatic heterocycles. The van der Waals surface area contributed by atoms with Crippen molar-refractivity contribution >= 4 is 28.3 Å². The zero-order chi connectivity index (χ0) is 13.0. The molecule has 0 aliphatic heterocycles. The summed E-state index contributed by atoms with van der Waals surface area (Å²) >= 11 is 0. The monoisotopic (exact) mass is 245 g/mol. The number of urea groups is 1. The molecule has 0 atom stereocenters. The van der Waals surface area contributed by atoms with Gasteiger partial charge in [-0.3, -0.25) is 4.98 Å². The van der Waals surface area contributed by atoms with Gasteiger partial charge in [-0.05, 0) is 6.07 Å². The molecule has 2 rings (SSSR count). The molecule has 94 valence electrons. The molecule has 0 bridgehead atoms. The molecule has 6 N–H and O–H groups in total. The van der Waals surface area contributed by atoms with Crippen LogP contribution in [0.1, 0.15) is 0 Å². The summed E-state index contributed by atoms with van der Waals surface area (Å²) in [6, 6.07) is 7.18. The Morgan fingerprint density at radius 3 is 2.83 bits per heavy atom. The number of primary amides is 1. The molecule has 0 spiro atoms. The second kappa shape index (κ2) is 5.22. The normalized spacial score (nSPS) is 10.2. The van der Waals surface area contributed by atoms with E-state index < -0.39 is 6.03 Å². The molecule has 1 aromatic carbocycles. The van der Waals surface area contributed by atoms with Crippen LogP contribution in [-0.2, 0) is 0 Å². The summed E-state index contributed by atoms with van der Waals surface area (Å²) in [5, 5.41) is 6.63. The first-order valence-corrected chi connectivity index (χ1v) is 5.59. The van der Waals surface area contributed by atoms with Gasteiger partial charge in [0.05, 0.1) is 23.1 Å². The van der Waals surface area contributed by atoms with Crippen LogP contribution in [0.5, 0.6) is 0 Å². The number of pyridine rings is 1. The van der Waals surface area contributed by atoms with Gasteiger partial charge in [-0.1, -0.05) is 18.2 Å². The number of hydrogen-bond donors (Lipinski definition) is 4. The summed E-state index contributed by atoms with van der Waals surface area (Å²) in [6.07, 6.45) is 1.62. The van der Waals surface area contributed by atoms with E-state index >= 15 is 0 Å². The van der Waals surface area contributed by atoms with Crippen molar-refractivity contribution in [3.8, 4) is 0 Å². The fourth-order valence-corrected chi connectivity index (χ4v) is 1.73. The number of aromatic nitrogens is 1.